The van der Waals surface area contributed by atoms with Crippen molar-refractivity contribution in [3.05, 3.63) is 35.4 Å². The number of carbonyl (C=O) groups excluding carboxylic acids is 1. The summed E-state index contributed by atoms with van der Waals surface area (Å²) in [5.41, 5.74) is 0.737. The highest BCUT2D eigenvalue weighted by Gasteiger charge is 2.27. The molecule has 0 aliphatic heterocycles. The summed E-state index contributed by atoms with van der Waals surface area (Å²) < 4.78 is 36.1. The van der Waals surface area contributed by atoms with Crippen LogP contribution in [0.25, 0.3) is 0 Å². The van der Waals surface area contributed by atoms with Crippen LogP contribution in [0.1, 0.15) is 11.1 Å². The van der Waals surface area contributed by atoms with Gasteiger partial charge < -0.3 is 0 Å². The molecule has 0 saturated heterocycles. The molecule has 0 saturated carbocycles. The predicted molar refractivity (Wildman–Crippen MR) is 48.0 cm³/mol. The summed E-state index contributed by atoms with van der Waals surface area (Å²) in [6, 6.07) is 5.90. The molecule has 1 aromatic rings. The van der Waals surface area contributed by atoms with Gasteiger partial charge in [-0.1, -0.05) is 24.3 Å². The lowest BCUT2D eigenvalue weighted by molar-refractivity contribution is -0.127. The lowest BCUT2D eigenvalue weighted by Gasteiger charge is -2.06. The standard InChI is InChI=1S/C10H8F3NO/c11-10(12,13)5-8-2-1-3-9(4-8)6-14-7-15/h1-4H,5-6H2. The van der Waals surface area contributed by atoms with Gasteiger partial charge in [0.15, 0.2) is 0 Å². The van der Waals surface area contributed by atoms with E-state index in [1.54, 1.807) is 6.07 Å². The molecule has 1 rings (SSSR count). The van der Waals surface area contributed by atoms with Crippen molar-refractivity contribution in [2.24, 2.45) is 4.99 Å². The molecule has 5 heteroatoms. The van der Waals surface area contributed by atoms with Crippen LogP contribution in [-0.2, 0) is 17.8 Å². The Morgan fingerprint density at radius 2 is 1.93 bits per heavy atom. The van der Waals surface area contributed by atoms with Crippen molar-refractivity contribution < 1.29 is 18.0 Å². The molecule has 0 radical (unpaired) electrons. The molecule has 0 unspecified atom stereocenters. The molecule has 0 bridgehead atoms. The van der Waals surface area contributed by atoms with E-state index in [1.165, 1.54) is 24.3 Å². The SMILES string of the molecule is O=C=NCc1cccc(CC(F)(F)F)c1. The number of benzene rings is 1. The van der Waals surface area contributed by atoms with Gasteiger partial charge in [-0.15, -0.1) is 0 Å². The molecule has 0 amide bonds. The largest absolute Gasteiger partial charge is 0.393 e. The number of hydrogen-bond acceptors (Lipinski definition) is 2. The molecule has 2 nitrogen and oxygen atoms in total. The minimum absolute atomic E-state index is 0.0647. The minimum atomic E-state index is -4.22. The summed E-state index contributed by atoms with van der Waals surface area (Å²) in [7, 11) is 0. The van der Waals surface area contributed by atoms with E-state index < -0.39 is 12.6 Å². The molecule has 0 aliphatic rings. The zero-order valence-electron chi connectivity index (χ0n) is 7.71. The molecule has 80 valence electrons. The predicted octanol–water partition coefficient (Wildman–Crippen LogP) is 2.63. The first kappa shape index (κ1) is 11.5. The van der Waals surface area contributed by atoms with Crippen LogP contribution in [0.3, 0.4) is 0 Å². The maximum atomic E-state index is 12.0. The second-order valence-corrected chi connectivity index (χ2v) is 3.02. The second kappa shape index (κ2) is 4.75. The van der Waals surface area contributed by atoms with E-state index in [4.69, 9.17) is 0 Å². The number of halogens is 3. The van der Waals surface area contributed by atoms with Gasteiger partial charge in [0.2, 0.25) is 6.08 Å². The van der Waals surface area contributed by atoms with Crippen LogP contribution >= 0.6 is 0 Å². The summed E-state index contributed by atoms with van der Waals surface area (Å²) in [4.78, 5) is 13.1. The van der Waals surface area contributed by atoms with Gasteiger partial charge in [0, 0.05) is 0 Å². The van der Waals surface area contributed by atoms with E-state index in [1.807, 2.05) is 0 Å². The van der Waals surface area contributed by atoms with Crippen molar-refractivity contribution >= 4 is 6.08 Å². The third kappa shape index (κ3) is 4.42. The van der Waals surface area contributed by atoms with E-state index in [0.717, 1.165) is 0 Å². The summed E-state index contributed by atoms with van der Waals surface area (Å²) in [5, 5.41) is 0. The molecule has 0 N–H and O–H groups in total. The van der Waals surface area contributed by atoms with Gasteiger partial charge in [-0.3, -0.25) is 0 Å². The van der Waals surface area contributed by atoms with Crippen LogP contribution in [0, 0.1) is 0 Å². The van der Waals surface area contributed by atoms with Crippen molar-refractivity contribution in [1.82, 2.24) is 0 Å². The van der Waals surface area contributed by atoms with Crippen molar-refractivity contribution in [2.45, 2.75) is 19.1 Å². The third-order valence-corrected chi connectivity index (χ3v) is 1.72. The highest BCUT2D eigenvalue weighted by molar-refractivity contribution is 5.34. The quantitative estimate of drug-likeness (QED) is 0.563. The van der Waals surface area contributed by atoms with Crippen LogP contribution < -0.4 is 0 Å². The average Bonchev–Trinajstić information content (AvgIpc) is 2.12. The first-order valence-corrected chi connectivity index (χ1v) is 4.19. The molecule has 0 atom stereocenters. The number of alkyl halides is 3. The minimum Gasteiger partial charge on any atom is -0.211 e. The van der Waals surface area contributed by atoms with Gasteiger partial charge in [0.1, 0.15) is 0 Å². The second-order valence-electron chi connectivity index (χ2n) is 3.02. The lowest BCUT2D eigenvalue weighted by Crippen LogP contribution is -2.11. The highest BCUT2D eigenvalue weighted by Crippen LogP contribution is 2.21. The van der Waals surface area contributed by atoms with E-state index in [2.05, 4.69) is 4.99 Å². The Labute approximate surface area is 84.4 Å². The first-order valence-electron chi connectivity index (χ1n) is 4.19. The summed E-state index contributed by atoms with van der Waals surface area (Å²) >= 11 is 0. The van der Waals surface area contributed by atoms with E-state index in [0.29, 0.717) is 5.56 Å². The fraction of sp³-hybridized carbons (Fsp3) is 0.300. The van der Waals surface area contributed by atoms with Crippen molar-refractivity contribution in [2.75, 3.05) is 0 Å². The van der Waals surface area contributed by atoms with Gasteiger partial charge in [0.25, 0.3) is 0 Å². The van der Waals surface area contributed by atoms with Crippen LogP contribution in [0.5, 0.6) is 0 Å². The number of isocyanates is 1. The van der Waals surface area contributed by atoms with Gasteiger partial charge in [-0.2, -0.15) is 13.2 Å². The number of nitrogens with zero attached hydrogens (tertiary/aromatic N) is 1. The average molecular weight is 215 g/mol. The van der Waals surface area contributed by atoms with Gasteiger partial charge in [-0.25, -0.2) is 9.79 Å². The number of rotatable bonds is 3. The fourth-order valence-electron chi connectivity index (χ4n) is 1.19. The smallest absolute Gasteiger partial charge is 0.211 e. The Hall–Kier alpha value is -1.61. The molecule has 0 spiro atoms. The molecule has 0 aromatic heterocycles. The number of aliphatic imine (C=N–C) groups is 1. The first-order chi connectivity index (χ1) is 7.01. The van der Waals surface area contributed by atoms with Crippen LogP contribution in [0.4, 0.5) is 13.2 Å². The maximum absolute atomic E-state index is 12.0. The molecule has 0 heterocycles. The zero-order chi connectivity index (χ0) is 11.3. The summed E-state index contributed by atoms with van der Waals surface area (Å²) in [6.45, 7) is 0.0647. The normalized spacial score (nSPS) is 10.9. The highest BCUT2D eigenvalue weighted by atomic mass is 19.4. The zero-order valence-corrected chi connectivity index (χ0v) is 7.71. The Morgan fingerprint density at radius 3 is 2.53 bits per heavy atom. The van der Waals surface area contributed by atoms with Crippen LogP contribution in [-0.4, -0.2) is 12.3 Å². The Kier molecular flexibility index (Phi) is 3.63. The molecule has 1 aromatic carbocycles. The molecule has 15 heavy (non-hydrogen) atoms. The maximum Gasteiger partial charge on any atom is 0.393 e. The van der Waals surface area contributed by atoms with E-state index in [-0.39, 0.29) is 12.1 Å². The van der Waals surface area contributed by atoms with Gasteiger partial charge in [0.05, 0.1) is 13.0 Å². The Balaban J connectivity index is 2.78. The van der Waals surface area contributed by atoms with Crippen molar-refractivity contribution in [1.29, 1.82) is 0 Å². The molecule has 0 fully saturated rings. The number of hydrogen-bond donors (Lipinski definition) is 0. The molecule has 0 aliphatic carbocycles. The van der Waals surface area contributed by atoms with Crippen molar-refractivity contribution in [3.8, 4) is 0 Å². The van der Waals surface area contributed by atoms with E-state index in [9.17, 15) is 18.0 Å². The fourth-order valence-corrected chi connectivity index (χ4v) is 1.19. The molecular formula is C10H8F3NO. The Bertz CT molecular complexity index is 380. The molecular weight excluding hydrogens is 207 g/mol. The monoisotopic (exact) mass is 215 g/mol. The lowest BCUT2D eigenvalue weighted by atomic mass is 10.1. The van der Waals surface area contributed by atoms with Gasteiger partial charge >= 0.3 is 6.18 Å². The van der Waals surface area contributed by atoms with Crippen LogP contribution in [0.2, 0.25) is 0 Å². The topological polar surface area (TPSA) is 29.4 Å². The van der Waals surface area contributed by atoms with Crippen molar-refractivity contribution in [3.63, 3.8) is 0 Å². The van der Waals surface area contributed by atoms with Gasteiger partial charge in [-0.05, 0) is 11.1 Å². The van der Waals surface area contributed by atoms with Crippen LogP contribution in [0.15, 0.2) is 29.3 Å². The summed E-state index contributed by atoms with van der Waals surface area (Å²) in [6.07, 6.45) is -3.85. The third-order valence-electron chi connectivity index (χ3n) is 1.72. The van der Waals surface area contributed by atoms with E-state index >= 15 is 0 Å². The summed E-state index contributed by atoms with van der Waals surface area (Å²) in [5.74, 6) is 0. The Morgan fingerprint density at radius 1 is 1.27 bits per heavy atom.